The van der Waals surface area contributed by atoms with Gasteiger partial charge in [-0.2, -0.15) is 0 Å². The van der Waals surface area contributed by atoms with Gasteiger partial charge in [-0.25, -0.2) is 0 Å². The van der Waals surface area contributed by atoms with Gasteiger partial charge in [0.25, 0.3) is 0 Å². The summed E-state index contributed by atoms with van der Waals surface area (Å²) in [6.07, 6.45) is 3.57. The van der Waals surface area contributed by atoms with Crippen LogP contribution in [0.25, 0.3) is 22.3 Å². The first kappa shape index (κ1) is 20.7. The predicted molar refractivity (Wildman–Crippen MR) is 130 cm³/mol. The van der Waals surface area contributed by atoms with Gasteiger partial charge in [0.2, 0.25) is 0 Å². The zero-order valence-electron chi connectivity index (χ0n) is 17.4. The molecule has 0 bridgehead atoms. The van der Waals surface area contributed by atoms with E-state index in [1.54, 1.807) is 18.0 Å². The Labute approximate surface area is 195 Å². The first-order chi connectivity index (χ1) is 15.7. The fourth-order valence-electron chi connectivity index (χ4n) is 3.66. The minimum absolute atomic E-state index is 0.602. The summed E-state index contributed by atoms with van der Waals surface area (Å²) in [6.45, 7) is 2.71. The van der Waals surface area contributed by atoms with Crippen LogP contribution in [0.15, 0.2) is 84.3 Å². The van der Waals surface area contributed by atoms with Gasteiger partial charge in [-0.1, -0.05) is 71.9 Å². The summed E-state index contributed by atoms with van der Waals surface area (Å²) >= 11 is 8.27. The topological polar surface area (TPSA) is 56.5 Å². The van der Waals surface area contributed by atoms with Crippen LogP contribution in [-0.2, 0) is 12.3 Å². The molecule has 2 aromatic carbocycles. The van der Waals surface area contributed by atoms with Gasteiger partial charge >= 0.3 is 0 Å². The number of hydrogen-bond acceptors (Lipinski definition) is 5. The minimum Gasteiger partial charge on any atom is -0.297 e. The monoisotopic (exact) mass is 457 g/mol. The van der Waals surface area contributed by atoms with Crippen LogP contribution in [0, 0.1) is 6.92 Å². The summed E-state index contributed by atoms with van der Waals surface area (Å²) in [6, 6.07) is 22.3. The summed E-state index contributed by atoms with van der Waals surface area (Å²) < 4.78 is 2.12. The lowest BCUT2D eigenvalue weighted by Crippen LogP contribution is -2.04. The van der Waals surface area contributed by atoms with E-state index in [0.29, 0.717) is 17.3 Å². The molecule has 5 rings (SSSR count). The van der Waals surface area contributed by atoms with Crippen molar-refractivity contribution in [3.8, 4) is 11.4 Å². The van der Waals surface area contributed by atoms with Gasteiger partial charge in [-0.15, -0.1) is 10.2 Å². The first-order valence-corrected chi connectivity index (χ1v) is 11.6. The van der Waals surface area contributed by atoms with Gasteiger partial charge in [-0.3, -0.25) is 14.5 Å². The zero-order valence-corrected chi connectivity index (χ0v) is 19.0. The number of pyridine rings is 2. The molecule has 0 N–H and O–H groups in total. The van der Waals surface area contributed by atoms with E-state index in [4.69, 9.17) is 16.6 Å². The standard InChI is InChI=1S/C25H20ClN5S/c1-17-20-11-5-6-12-21(20)28-22(23(17)26)16-32-25-30-29-24(19-10-7-13-27-14-19)31(25)15-18-8-3-2-4-9-18/h2-14H,15-16H2,1H3. The second kappa shape index (κ2) is 9.10. The Morgan fingerprint density at radius 2 is 1.75 bits per heavy atom. The molecule has 0 saturated heterocycles. The maximum Gasteiger partial charge on any atom is 0.192 e. The van der Waals surface area contributed by atoms with Crippen molar-refractivity contribution < 1.29 is 0 Å². The molecule has 5 nitrogen and oxygen atoms in total. The van der Waals surface area contributed by atoms with Crippen LogP contribution >= 0.6 is 23.4 Å². The average molecular weight is 458 g/mol. The maximum atomic E-state index is 6.68. The van der Waals surface area contributed by atoms with Crippen LogP contribution < -0.4 is 0 Å². The minimum atomic E-state index is 0.602. The van der Waals surface area contributed by atoms with Crippen LogP contribution in [-0.4, -0.2) is 24.7 Å². The molecule has 0 aliphatic rings. The molecular weight excluding hydrogens is 438 g/mol. The van der Waals surface area contributed by atoms with E-state index in [1.807, 2.05) is 61.7 Å². The highest BCUT2D eigenvalue weighted by atomic mass is 35.5. The number of nitrogens with zero attached hydrogens (tertiary/aromatic N) is 5. The highest BCUT2D eigenvalue weighted by Crippen LogP contribution is 2.32. The SMILES string of the molecule is Cc1c(Cl)c(CSc2nnc(-c3cccnc3)n2Cc2ccccc2)nc2ccccc12. The lowest BCUT2D eigenvalue weighted by molar-refractivity contribution is 0.714. The summed E-state index contributed by atoms with van der Waals surface area (Å²) in [5.74, 6) is 1.39. The van der Waals surface area contributed by atoms with Gasteiger partial charge in [-0.05, 0) is 36.2 Å². The van der Waals surface area contributed by atoms with E-state index < -0.39 is 0 Å². The van der Waals surface area contributed by atoms with Crippen molar-refractivity contribution in [2.24, 2.45) is 0 Å². The first-order valence-electron chi connectivity index (χ1n) is 10.2. The van der Waals surface area contributed by atoms with E-state index in [1.165, 1.54) is 5.56 Å². The summed E-state index contributed by atoms with van der Waals surface area (Å²) in [7, 11) is 0. The Morgan fingerprint density at radius 1 is 0.938 bits per heavy atom. The molecule has 0 radical (unpaired) electrons. The Morgan fingerprint density at radius 3 is 2.56 bits per heavy atom. The smallest absolute Gasteiger partial charge is 0.192 e. The van der Waals surface area contributed by atoms with Gasteiger partial charge in [0.1, 0.15) is 0 Å². The molecule has 0 spiro atoms. The zero-order chi connectivity index (χ0) is 21.9. The van der Waals surface area contributed by atoms with Crippen molar-refractivity contribution in [1.29, 1.82) is 0 Å². The van der Waals surface area contributed by atoms with Crippen LogP contribution in [0.3, 0.4) is 0 Å². The normalized spacial score (nSPS) is 11.2. The molecule has 0 amide bonds. The average Bonchev–Trinajstić information content (AvgIpc) is 3.24. The number of halogens is 1. The molecule has 7 heteroatoms. The number of rotatable bonds is 6. The van der Waals surface area contributed by atoms with E-state index in [-0.39, 0.29) is 0 Å². The number of aromatic nitrogens is 5. The molecule has 0 atom stereocenters. The van der Waals surface area contributed by atoms with Crippen molar-refractivity contribution in [3.63, 3.8) is 0 Å². The van der Waals surface area contributed by atoms with Crippen molar-refractivity contribution >= 4 is 34.3 Å². The summed E-state index contributed by atoms with van der Waals surface area (Å²) in [4.78, 5) is 9.06. The molecule has 0 aliphatic heterocycles. The van der Waals surface area contributed by atoms with E-state index in [2.05, 4.69) is 37.9 Å². The molecular formula is C25H20ClN5S. The van der Waals surface area contributed by atoms with Crippen LogP contribution in [0.1, 0.15) is 16.8 Å². The Balaban J connectivity index is 1.49. The van der Waals surface area contributed by atoms with Crippen LogP contribution in [0.4, 0.5) is 0 Å². The van der Waals surface area contributed by atoms with Crippen LogP contribution in [0.2, 0.25) is 5.02 Å². The Hall–Kier alpha value is -3.22. The van der Waals surface area contributed by atoms with Crippen molar-refractivity contribution in [1.82, 2.24) is 24.7 Å². The van der Waals surface area contributed by atoms with Crippen LogP contribution in [0.5, 0.6) is 0 Å². The number of para-hydroxylation sites is 1. The molecule has 0 aliphatic carbocycles. The number of hydrogen-bond donors (Lipinski definition) is 0. The second-order valence-electron chi connectivity index (χ2n) is 7.42. The second-order valence-corrected chi connectivity index (χ2v) is 8.74. The number of benzene rings is 2. The lowest BCUT2D eigenvalue weighted by atomic mass is 10.1. The van der Waals surface area contributed by atoms with Gasteiger partial charge in [0, 0.05) is 29.1 Å². The van der Waals surface area contributed by atoms with Gasteiger partial charge < -0.3 is 0 Å². The number of thioether (sulfide) groups is 1. The highest BCUT2D eigenvalue weighted by molar-refractivity contribution is 7.98. The quantitative estimate of drug-likeness (QED) is 0.284. The molecule has 0 unspecified atom stereocenters. The van der Waals surface area contributed by atoms with E-state index in [0.717, 1.165) is 38.7 Å². The molecule has 3 heterocycles. The third-order valence-electron chi connectivity index (χ3n) is 5.30. The third-order valence-corrected chi connectivity index (χ3v) is 6.78. The fraction of sp³-hybridized carbons (Fsp3) is 0.120. The van der Waals surface area contributed by atoms with Crippen molar-refractivity contribution in [2.75, 3.05) is 0 Å². The fourth-order valence-corrected chi connectivity index (χ4v) is 4.83. The summed E-state index contributed by atoms with van der Waals surface area (Å²) in [5, 5.41) is 11.6. The Bertz CT molecular complexity index is 1370. The van der Waals surface area contributed by atoms with E-state index in [9.17, 15) is 0 Å². The molecule has 0 fully saturated rings. The third kappa shape index (κ3) is 4.11. The predicted octanol–water partition coefficient (Wildman–Crippen LogP) is 6.19. The van der Waals surface area contributed by atoms with E-state index >= 15 is 0 Å². The summed E-state index contributed by atoms with van der Waals surface area (Å²) in [5.41, 5.74) is 4.96. The highest BCUT2D eigenvalue weighted by Gasteiger charge is 2.17. The molecule has 0 saturated carbocycles. The molecule has 32 heavy (non-hydrogen) atoms. The lowest BCUT2D eigenvalue weighted by Gasteiger charge is -2.12. The van der Waals surface area contributed by atoms with Gasteiger partial charge in [0.15, 0.2) is 11.0 Å². The largest absolute Gasteiger partial charge is 0.297 e. The number of fused-ring (bicyclic) bond motifs is 1. The van der Waals surface area contributed by atoms with Crippen molar-refractivity contribution in [3.05, 3.63) is 101 Å². The number of aryl methyl sites for hydroxylation is 1. The molecule has 5 aromatic rings. The molecule has 3 aromatic heterocycles. The maximum absolute atomic E-state index is 6.68. The van der Waals surface area contributed by atoms with Gasteiger partial charge in [0.05, 0.1) is 22.8 Å². The molecule has 158 valence electrons. The Kier molecular flexibility index (Phi) is 5.88. The van der Waals surface area contributed by atoms with Crippen molar-refractivity contribution in [2.45, 2.75) is 24.4 Å².